The zero-order valence-corrected chi connectivity index (χ0v) is 12.9. The molecule has 2 aromatic rings. The van der Waals surface area contributed by atoms with Crippen LogP contribution in [0.25, 0.3) is 0 Å². The van der Waals surface area contributed by atoms with Gasteiger partial charge in [-0.2, -0.15) is 0 Å². The fourth-order valence-electron chi connectivity index (χ4n) is 2.60. The molecule has 3 rings (SSSR count). The number of aromatic nitrogens is 1. The van der Waals surface area contributed by atoms with Crippen LogP contribution in [0, 0.1) is 5.92 Å². The topological polar surface area (TPSA) is 68.3 Å². The molecule has 1 fully saturated rings. The Balaban J connectivity index is 1.58. The van der Waals surface area contributed by atoms with Crippen molar-refractivity contribution in [2.24, 2.45) is 5.92 Å². The molecule has 23 heavy (non-hydrogen) atoms. The second-order valence-corrected chi connectivity index (χ2v) is 5.52. The fraction of sp³-hybridized carbons (Fsp3) is 0.278. The number of ether oxygens (including phenoxy) is 1. The number of esters is 1. The number of benzene rings is 1. The van der Waals surface area contributed by atoms with Gasteiger partial charge in [0.15, 0.2) is 0 Å². The Bertz CT molecular complexity index is 698. The number of amides is 1. The summed E-state index contributed by atoms with van der Waals surface area (Å²) in [5, 5.41) is 2.90. The van der Waals surface area contributed by atoms with Crippen molar-refractivity contribution in [3.05, 3.63) is 59.9 Å². The molecule has 2 unspecified atom stereocenters. The maximum absolute atomic E-state index is 12.3. The van der Waals surface area contributed by atoms with E-state index in [2.05, 4.69) is 10.3 Å². The lowest BCUT2D eigenvalue weighted by Crippen LogP contribution is -2.14. The summed E-state index contributed by atoms with van der Waals surface area (Å²) in [6.45, 7) is 2.11. The molecule has 1 aromatic heterocycles. The van der Waals surface area contributed by atoms with Gasteiger partial charge in [-0.05, 0) is 61.2 Å². The molecule has 5 heteroatoms. The maximum atomic E-state index is 12.3. The van der Waals surface area contributed by atoms with Crippen molar-refractivity contribution in [3.8, 4) is 0 Å². The van der Waals surface area contributed by atoms with Crippen LogP contribution in [0.5, 0.6) is 0 Å². The van der Waals surface area contributed by atoms with Gasteiger partial charge in [0.2, 0.25) is 5.91 Å². The van der Waals surface area contributed by atoms with E-state index in [-0.39, 0.29) is 23.7 Å². The summed E-state index contributed by atoms with van der Waals surface area (Å²) >= 11 is 0. The average molecular weight is 310 g/mol. The number of nitrogens with zero attached hydrogens (tertiary/aromatic N) is 1. The number of carbonyl (C=O) groups excluding carboxylic acids is 2. The maximum Gasteiger partial charge on any atom is 0.338 e. The Hall–Kier alpha value is -2.69. The Kier molecular flexibility index (Phi) is 4.37. The van der Waals surface area contributed by atoms with Gasteiger partial charge in [-0.25, -0.2) is 4.79 Å². The fourth-order valence-corrected chi connectivity index (χ4v) is 2.60. The second kappa shape index (κ2) is 6.60. The number of hydrogen-bond acceptors (Lipinski definition) is 4. The molecule has 1 saturated carbocycles. The molecule has 0 aliphatic heterocycles. The summed E-state index contributed by atoms with van der Waals surface area (Å²) in [4.78, 5) is 27.8. The lowest BCUT2D eigenvalue weighted by Gasteiger charge is -2.06. The first-order valence-corrected chi connectivity index (χ1v) is 7.67. The van der Waals surface area contributed by atoms with Crippen LogP contribution in [-0.2, 0) is 9.53 Å². The first-order valence-electron chi connectivity index (χ1n) is 7.67. The molecule has 5 nitrogen and oxygen atoms in total. The quantitative estimate of drug-likeness (QED) is 0.862. The second-order valence-electron chi connectivity index (χ2n) is 5.52. The van der Waals surface area contributed by atoms with Gasteiger partial charge in [0.05, 0.1) is 12.2 Å². The number of hydrogen-bond donors (Lipinski definition) is 1. The molecule has 118 valence electrons. The Morgan fingerprint density at radius 2 is 1.87 bits per heavy atom. The molecule has 2 atom stereocenters. The van der Waals surface area contributed by atoms with E-state index >= 15 is 0 Å². The minimum Gasteiger partial charge on any atom is -0.462 e. The molecule has 1 amide bonds. The predicted molar refractivity (Wildman–Crippen MR) is 86.1 cm³/mol. The summed E-state index contributed by atoms with van der Waals surface area (Å²) in [5.41, 5.74) is 2.31. The third-order valence-electron chi connectivity index (χ3n) is 3.93. The van der Waals surface area contributed by atoms with E-state index in [1.165, 1.54) is 0 Å². The molecule has 1 N–H and O–H groups in total. The van der Waals surface area contributed by atoms with E-state index in [1.807, 2.05) is 12.1 Å². The van der Waals surface area contributed by atoms with Crippen LogP contribution in [0.3, 0.4) is 0 Å². The van der Waals surface area contributed by atoms with Gasteiger partial charge in [-0.3, -0.25) is 9.78 Å². The molecular formula is C18H18N2O3. The van der Waals surface area contributed by atoms with E-state index in [4.69, 9.17) is 4.74 Å². The molecule has 1 heterocycles. The summed E-state index contributed by atoms with van der Waals surface area (Å²) in [7, 11) is 0. The van der Waals surface area contributed by atoms with E-state index in [9.17, 15) is 9.59 Å². The van der Waals surface area contributed by atoms with Crippen molar-refractivity contribution < 1.29 is 14.3 Å². The average Bonchev–Trinajstić information content (AvgIpc) is 3.37. The van der Waals surface area contributed by atoms with E-state index in [1.54, 1.807) is 43.6 Å². The van der Waals surface area contributed by atoms with Crippen LogP contribution >= 0.6 is 0 Å². The van der Waals surface area contributed by atoms with Crippen LogP contribution < -0.4 is 5.32 Å². The molecule has 0 bridgehead atoms. The molecular weight excluding hydrogens is 292 g/mol. The van der Waals surface area contributed by atoms with E-state index < -0.39 is 0 Å². The van der Waals surface area contributed by atoms with Crippen LogP contribution in [0.1, 0.15) is 35.2 Å². The lowest BCUT2D eigenvalue weighted by molar-refractivity contribution is -0.117. The molecule has 1 aliphatic rings. The molecule has 0 spiro atoms. The Labute approximate surface area is 134 Å². The monoisotopic (exact) mass is 310 g/mol. The first-order chi connectivity index (χ1) is 11.2. The predicted octanol–water partition coefficient (Wildman–Crippen LogP) is 3.00. The summed E-state index contributed by atoms with van der Waals surface area (Å²) in [5.74, 6) is -0.0695. The van der Waals surface area contributed by atoms with Crippen LogP contribution in [0.15, 0.2) is 48.8 Å². The van der Waals surface area contributed by atoms with E-state index in [0.717, 1.165) is 12.0 Å². The van der Waals surface area contributed by atoms with Gasteiger partial charge in [0.25, 0.3) is 0 Å². The highest BCUT2D eigenvalue weighted by Crippen LogP contribution is 2.47. The van der Waals surface area contributed by atoms with Crippen molar-refractivity contribution in [2.75, 3.05) is 11.9 Å². The van der Waals surface area contributed by atoms with Crippen LogP contribution in [0.2, 0.25) is 0 Å². The number of carbonyl (C=O) groups is 2. The number of nitrogens with one attached hydrogen (secondary N) is 1. The van der Waals surface area contributed by atoms with Crippen molar-refractivity contribution in [1.82, 2.24) is 4.98 Å². The van der Waals surface area contributed by atoms with Crippen molar-refractivity contribution in [1.29, 1.82) is 0 Å². The third-order valence-corrected chi connectivity index (χ3v) is 3.93. The van der Waals surface area contributed by atoms with Crippen molar-refractivity contribution >= 4 is 17.6 Å². The zero-order chi connectivity index (χ0) is 16.2. The van der Waals surface area contributed by atoms with Crippen molar-refractivity contribution in [3.63, 3.8) is 0 Å². The standard InChI is InChI=1S/C18H18N2O3/c1-2-23-18(22)13-3-5-14(6-4-13)20-17(21)16-11-15(16)12-7-9-19-10-8-12/h3-10,15-16H,2,11H2,1H3,(H,20,21). The zero-order valence-electron chi connectivity index (χ0n) is 12.9. The minimum absolute atomic E-state index is 0.00198. The summed E-state index contributed by atoms with van der Waals surface area (Å²) in [6.07, 6.45) is 4.35. The van der Waals surface area contributed by atoms with Gasteiger partial charge in [0.1, 0.15) is 0 Å². The Morgan fingerprint density at radius 3 is 2.52 bits per heavy atom. The molecule has 0 saturated heterocycles. The van der Waals surface area contributed by atoms with Gasteiger partial charge in [0, 0.05) is 24.0 Å². The Morgan fingerprint density at radius 1 is 1.17 bits per heavy atom. The van der Waals surface area contributed by atoms with Gasteiger partial charge in [-0.1, -0.05) is 0 Å². The van der Waals surface area contributed by atoms with Crippen LogP contribution in [0.4, 0.5) is 5.69 Å². The minimum atomic E-state index is -0.356. The SMILES string of the molecule is CCOC(=O)c1ccc(NC(=O)C2CC2c2ccncc2)cc1. The summed E-state index contributed by atoms with van der Waals surface area (Å²) < 4.78 is 4.93. The van der Waals surface area contributed by atoms with Gasteiger partial charge in [-0.15, -0.1) is 0 Å². The normalized spacial score (nSPS) is 19.0. The third kappa shape index (κ3) is 3.56. The lowest BCUT2D eigenvalue weighted by atomic mass is 10.1. The number of anilines is 1. The largest absolute Gasteiger partial charge is 0.462 e. The molecule has 0 radical (unpaired) electrons. The van der Waals surface area contributed by atoms with E-state index in [0.29, 0.717) is 17.9 Å². The van der Waals surface area contributed by atoms with Gasteiger partial charge < -0.3 is 10.1 Å². The van der Waals surface area contributed by atoms with Crippen molar-refractivity contribution in [2.45, 2.75) is 19.3 Å². The molecule has 1 aromatic carbocycles. The highest BCUT2D eigenvalue weighted by molar-refractivity contribution is 5.96. The smallest absolute Gasteiger partial charge is 0.338 e. The molecule has 1 aliphatic carbocycles. The number of pyridine rings is 1. The van der Waals surface area contributed by atoms with Crippen LogP contribution in [-0.4, -0.2) is 23.5 Å². The number of rotatable bonds is 5. The highest BCUT2D eigenvalue weighted by Gasteiger charge is 2.43. The highest BCUT2D eigenvalue weighted by atomic mass is 16.5. The first kappa shape index (κ1) is 15.2. The summed E-state index contributed by atoms with van der Waals surface area (Å²) in [6, 6.07) is 10.6. The van der Waals surface area contributed by atoms with Gasteiger partial charge >= 0.3 is 5.97 Å².